The van der Waals surface area contributed by atoms with Gasteiger partial charge in [0.25, 0.3) is 0 Å². The Bertz CT molecular complexity index is 1180. The molecule has 0 saturated carbocycles. The summed E-state index contributed by atoms with van der Waals surface area (Å²) in [6.45, 7) is 30.9. The van der Waals surface area contributed by atoms with E-state index in [1.807, 2.05) is 0 Å². The fourth-order valence-corrected chi connectivity index (χ4v) is 30.5. The Balaban J connectivity index is 0.00000110. The van der Waals surface area contributed by atoms with Crippen LogP contribution in [0.1, 0.15) is 191 Å². The molecule has 44 heavy (non-hydrogen) atoms. The Kier molecular flexibility index (Phi) is 17.8. The standard InChI is InChI=1S/2C16H21.C6H14.C2H7Si.2ClH.Zr/c2*1-10(2)13-8-14-6-12(5)7-16(14)15(9-13)11(3)4;1-3-5-6-4-2;1-2-3;;;/h2*6-11H,1-5H3;3-6H2,1-2H3;2-3H2,1H3;2*1H;/q;;;;;;+2/p-2. The van der Waals surface area contributed by atoms with E-state index in [-0.39, 0.29) is 31.5 Å². The zero-order valence-electron chi connectivity index (χ0n) is 30.4. The third-order valence-electron chi connectivity index (χ3n) is 9.62. The van der Waals surface area contributed by atoms with Crippen LogP contribution in [0.5, 0.6) is 0 Å². The molecule has 2 unspecified atom stereocenters. The van der Waals surface area contributed by atoms with E-state index >= 15 is 0 Å². The van der Waals surface area contributed by atoms with Crippen LogP contribution in [-0.4, -0.2) is 6.65 Å². The van der Waals surface area contributed by atoms with E-state index in [1.165, 1.54) is 31.7 Å². The minimum absolute atomic E-state index is 0. The SMILES string of the molecule is CCCCCC.CC[SiH2][Zr+2]([CH]1C(C)=Cc2c(C(C)C)cc(C(C)C)cc21)[CH]1C(C)=Cc2c(C(C)C)cc(C(C)C)cc21.[Cl-].[Cl-]. The maximum Gasteiger partial charge on any atom is -1.00 e. The van der Waals surface area contributed by atoms with E-state index in [9.17, 15) is 0 Å². The Morgan fingerprint density at radius 1 is 0.591 bits per heavy atom. The predicted octanol–water partition coefficient (Wildman–Crippen LogP) is 6.53. The molecule has 0 N–H and O–H groups in total. The van der Waals surface area contributed by atoms with E-state index < -0.39 is 20.9 Å². The first-order valence-electron chi connectivity index (χ1n) is 17.4. The van der Waals surface area contributed by atoms with Gasteiger partial charge in [0.2, 0.25) is 0 Å². The molecule has 0 aromatic heterocycles. The van der Waals surface area contributed by atoms with Gasteiger partial charge in [-0.05, 0) is 0 Å². The quantitative estimate of drug-likeness (QED) is 0.182. The van der Waals surface area contributed by atoms with Crippen molar-refractivity contribution in [3.05, 3.63) is 79.9 Å². The zero-order chi connectivity index (χ0) is 31.3. The minimum Gasteiger partial charge on any atom is -1.00 e. The van der Waals surface area contributed by atoms with Crippen molar-refractivity contribution in [3.8, 4) is 0 Å². The van der Waals surface area contributed by atoms with Gasteiger partial charge in [-0.2, -0.15) is 0 Å². The van der Waals surface area contributed by atoms with Crippen molar-refractivity contribution >= 4 is 18.8 Å². The van der Waals surface area contributed by atoms with Gasteiger partial charge in [0.05, 0.1) is 0 Å². The van der Waals surface area contributed by atoms with Crippen molar-refractivity contribution in [2.45, 2.75) is 153 Å². The molecule has 245 valence electrons. The molecule has 0 amide bonds. The zero-order valence-corrected chi connectivity index (χ0v) is 35.8. The maximum absolute atomic E-state index is 2.65. The van der Waals surface area contributed by atoms with Crippen molar-refractivity contribution in [2.75, 3.05) is 0 Å². The second kappa shape index (κ2) is 18.8. The molecule has 0 nitrogen and oxygen atoms in total. The topological polar surface area (TPSA) is 0 Å². The molecular weight excluding hydrogens is 671 g/mol. The van der Waals surface area contributed by atoms with Crippen LogP contribution in [0.3, 0.4) is 0 Å². The number of hydrogen-bond acceptors (Lipinski definition) is 0. The van der Waals surface area contributed by atoms with Crippen LogP contribution in [0.2, 0.25) is 6.04 Å². The summed E-state index contributed by atoms with van der Waals surface area (Å²) in [7, 11) is 0. The number of halogens is 2. The summed E-state index contributed by atoms with van der Waals surface area (Å²) in [4.78, 5) is 0. The maximum atomic E-state index is 2.65. The average Bonchev–Trinajstić information content (AvgIpc) is 3.44. The van der Waals surface area contributed by atoms with E-state index in [4.69, 9.17) is 0 Å². The molecule has 4 heteroatoms. The Labute approximate surface area is 295 Å². The monoisotopic (exact) mass is 731 g/mol. The number of fused-ring (bicyclic) bond motifs is 2. The second-order valence-corrected chi connectivity index (χ2v) is 30.2. The summed E-state index contributed by atoms with van der Waals surface area (Å²) < 4.78 is 1.52. The number of unbranched alkanes of at least 4 members (excludes halogenated alkanes) is 3. The van der Waals surface area contributed by atoms with Gasteiger partial charge in [0.15, 0.2) is 0 Å². The summed E-state index contributed by atoms with van der Waals surface area (Å²) in [6, 6.07) is 11.8. The van der Waals surface area contributed by atoms with Crippen molar-refractivity contribution in [3.63, 3.8) is 0 Å². The third-order valence-corrected chi connectivity index (χ3v) is 30.9. The molecule has 2 aromatic carbocycles. The van der Waals surface area contributed by atoms with Gasteiger partial charge in [-0.3, -0.25) is 0 Å². The second-order valence-electron chi connectivity index (χ2n) is 14.5. The molecule has 0 saturated heterocycles. The Morgan fingerprint density at radius 3 is 1.23 bits per heavy atom. The van der Waals surface area contributed by atoms with E-state index in [0.29, 0.717) is 23.7 Å². The van der Waals surface area contributed by atoms with Crippen LogP contribution < -0.4 is 24.8 Å². The van der Waals surface area contributed by atoms with Crippen molar-refractivity contribution in [1.29, 1.82) is 0 Å². The normalized spacial score (nSPS) is 16.9. The van der Waals surface area contributed by atoms with Crippen molar-refractivity contribution < 1.29 is 45.7 Å². The smallest absolute Gasteiger partial charge is 1.00 e. The fraction of sp³-hybridized carbons (Fsp3) is 0.600. The van der Waals surface area contributed by atoms with Crippen LogP contribution in [0, 0.1) is 0 Å². The molecule has 0 bridgehead atoms. The molecule has 0 aliphatic heterocycles. The first kappa shape index (κ1) is 41.6. The molecule has 0 radical (unpaired) electrons. The predicted molar refractivity (Wildman–Crippen MR) is 191 cm³/mol. The van der Waals surface area contributed by atoms with Gasteiger partial charge in [-0.15, -0.1) is 0 Å². The Morgan fingerprint density at radius 2 is 0.955 bits per heavy atom. The number of rotatable bonds is 11. The van der Waals surface area contributed by atoms with Gasteiger partial charge >= 0.3 is 233 Å². The van der Waals surface area contributed by atoms with Gasteiger partial charge in [-0.1, -0.05) is 39.5 Å². The van der Waals surface area contributed by atoms with E-state index in [0.717, 1.165) is 7.25 Å². The molecule has 0 spiro atoms. The third kappa shape index (κ3) is 9.36. The van der Waals surface area contributed by atoms with Gasteiger partial charge < -0.3 is 24.8 Å². The fourth-order valence-electron chi connectivity index (χ4n) is 7.22. The van der Waals surface area contributed by atoms with Gasteiger partial charge in [0.1, 0.15) is 0 Å². The molecule has 0 fully saturated rings. The van der Waals surface area contributed by atoms with Crippen LogP contribution in [0.4, 0.5) is 0 Å². The molecule has 2 aliphatic carbocycles. The first-order chi connectivity index (χ1) is 19.9. The average molecular weight is 734 g/mol. The molecule has 0 heterocycles. The number of benzene rings is 2. The molecule has 2 aromatic rings. The molecular formula is C40H63Cl2SiZr. The van der Waals surface area contributed by atoms with Crippen LogP contribution >= 0.6 is 0 Å². The number of allylic oxidation sites excluding steroid dienone is 2. The van der Waals surface area contributed by atoms with Crippen LogP contribution in [0.15, 0.2) is 35.4 Å². The summed E-state index contributed by atoms with van der Waals surface area (Å²) in [5.41, 5.74) is 16.3. The molecule has 4 rings (SSSR count). The summed E-state index contributed by atoms with van der Waals surface area (Å²) in [5.74, 6) is 2.32. The van der Waals surface area contributed by atoms with E-state index in [2.05, 4.69) is 126 Å². The van der Waals surface area contributed by atoms with Crippen molar-refractivity contribution in [2.24, 2.45) is 0 Å². The van der Waals surface area contributed by atoms with Crippen molar-refractivity contribution in [1.82, 2.24) is 0 Å². The molecule has 2 atom stereocenters. The Hall–Kier alpha value is -0.400. The van der Waals surface area contributed by atoms with Crippen LogP contribution in [-0.2, 0) is 20.9 Å². The summed E-state index contributed by atoms with van der Waals surface area (Å²) in [5, 5.41) is 0. The summed E-state index contributed by atoms with van der Waals surface area (Å²) in [6.07, 6.45) is 10.8. The van der Waals surface area contributed by atoms with E-state index in [1.54, 1.807) is 55.7 Å². The minimum atomic E-state index is -1.91. The largest absolute Gasteiger partial charge is 1.00 e. The first-order valence-corrected chi connectivity index (χ1v) is 27.2. The van der Waals surface area contributed by atoms with Crippen LogP contribution in [0.25, 0.3) is 12.2 Å². The number of hydrogen-bond donors (Lipinski definition) is 0. The van der Waals surface area contributed by atoms with Gasteiger partial charge in [-0.25, -0.2) is 0 Å². The summed E-state index contributed by atoms with van der Waals surface area (Å²) >= 11 is -1.91. The van der Waals surface area contributed by atoms with Gasteiger partial charge in [0, 0.05) is 0 Å². The molecule has 2 aliphatic rings.